The summed E-state index contributed by atoms with van der Waals surface area (Å²) in [5.41, 5.74) is -1.45. The van der Waals surface area contributed by atoms with E-state index in [1.54, 1.807) is 27.7 Å². The molecule has 0 fully saturated rings. The van der Waals surface area contributed by atoms with E-state index in [0.717, 1.165) is 0 Å². The van der Waals surface area contributed by atoms with Gasteiger partial charge in [-0.05, 0) is 44.5 Å². The summed E-state index contributed by atoms with van der Waals surface area (Å²) in [5, 5.41) is 0. The fraction of sp³-hybridized carbons (Fsp3) is 0.545. The largest absolute Gasteiger partial charge is 0.442 e. The van der Waals surface area contributed by atoms with Crippen molar-refractivity contribution in [3.05, 3.63) is 12.7 Å². The van der Waals surface area contributed by atoms with Gasteiger partial charge in [0, 0.05) is 15.9 Å². The number of esters is 1. The molecule has 3 heteroatoms. The van der Waals surface area contributed by atoms with E-state index in [1.807, 2.05) is 0 Å². The second kappa shape index (κ2) is 4.65. The summed E-state index contributed by atoms with van der Waals surface area (Å²) in [6.45, 7) is 10.7. The van der Waals surface area contributed by atoms with Crippen LogP contribution in [-0.4, -0.2) is 11.6 Å². The van der Waals surface area contributed by atoms with Gasteiger partial charge in [0.1, 0.15) is 0 Å². The van der Waals surface area contributed by atoms with E-state index in [0.29, 0.717) is 0 Å². The topological polar surface area (TPSA) is 26.3 Å². The average Bonchev–Trinajstić information content (AvgIpc) is 2.03. The summed E-state index contributed by atoms with van der Waals surface area (Å²) >= 11 is 2.97. The van der Waals surface area contributed by atoms with Gasteiger partial charge in [-0.25, -0.2) is 0 Å². The van der Waals surface area contributed by atoms with Crippen molar-refractivity contribution < 1.29 is 9.53 Å². The summed E-state index contributed by atoms with van der Waals surface area (Å²) in [6, 6.07) is 0. The van der Waals surface area contributed by atoms with Crippen molar-refractivity contribution in [2.75, 3.05) is 0 Å². The van der Waals surface area contributed by atoms with Gasteiger partial charge in [0.15, 0.2) is 5.60 Å². The van der Waals surface area contributed by atoms with Gasteiger partial charge in [-0.3, -0.25) is 4.79 Å². The van der Waals surface area contributed by atoms with Gasteiger partial charge in [0.2, 0.25) is 0 Å². The van der Waals surface area contributed by atoms with Crippen LogP contribution in [0.5, 0.6) is 0 Å². The van der Waals surface area contributed by atoms with Crippen molar-refractivity contribution in [3.63, 3.8) is 0 Å². The Morgan fingerprint density at radius 2 is 1.93 bits per heavy atom. The second-order valence-corrected chi connectivity index (χ2v) is 4.57. The Morgan fingerprint density at radius 1 is 1.43 bits per heavy atom. The van der Waals surface area contributed by atoms with Crippen LogP contribution in [0.25, 0.3) is 0 Å². The molecule has 0 aliphatic heterocycles. The quantitative estimate of drug-likeness (QED) is 0.433. The molecule has 2 nitrogen and oxygen atoms in total. The van der Waals surface area contributed by atoms with E-state index >= 15 is 0 Å². The van der Waals surface area contributed by atoms with Crippen molar-refractivity contribution in [1.29, 1.82) is 0 Å². The smallest absolute Gasteiger partial charge is 0.312 e. The predicted molar refractivity (Wildman–Crippen MR) is 60.9 cm³/mol. The third-order valence-corrected chi connectivity index (χ3v) is 1.80. The molecule has 0 saturated carbocycles. The average molecular weight is 259 g/mol. The Hall–Kier alpha value is -0.750. The van der Waals surface area contributed by atoms with Crippen LogP contribution >= 0.6 is 15.9 Å². The van der Waals surface area contributed by atoms with Gasteiger partial charge in [-0.15, -0.1) is 0 Å². The summed E-state index contributed by atoms with van der Waals surface area (Å²) < 4.78 is 5.23. The van der Waals surface area contributed by atoms with Crippen molar-refractivity contribution in [1.82, 2.24) is 0 Å². The molecule has 0 bridgehead atoms. The molecule has 14 heavy (non-hydrogen) atoms. The molecular formula is C11H15BrO2. The normalized spacial score (nSPS) is 14.6. The minimum Gasteiger partial charge on any atom is -0.442 e. The molecule has 0 radical (unpaired) electrons. The fourth-order valence-corrected chi connectivity index (χ4v) is 0.951. The molecule has 0 heterocycles. The highest BCUT2D eigenvalue weighted by Gasteiger charge is 2.30. The number of carbonyl (C=O) groups is 1. The minimum atomic E-state index is -0.923. The highest BCUT2D eigenvalue weighted by atomic mass is 79.9. The lowest BCUT2D eigenvalue weighted by Crippen LogP contribution is -2.33. The minimum absolute atomic E-state index is 0.296. The standard InChI is InChI=1S/C11H15BrO2/c1-6-11(5,7-8-12)14-9(13)10(2,3)4/h6H,1H2,2-5H3. The summed E-state index contributed by atoms with van der Waals surface area (Å²) in [4.78, 5) is 14.1. The van der Waals surface area contributed by atoms with Crippen LogP contribution in [0.3, 0.4) is 0 Å². The molecule has 0 amide bonds. The van der Waals surface area contributed by atoms with E-state index in [1.165, 1.54) is 6.08 Å². The number of hydrogen-bond donors (Lipinski definition) is 0. The molecule has 0 spiro atoms. The fourth-order valence-electron chi connectivity index (χ4n) is 0.558. The van der Waals surface area contributed by atoms with E-state index in [2.05, 4.69) is 33.3 Å². The molecule has 0 aliphatic rings. The molecular weight excluding hydrogens is 244 g/mol. The number of ether oxygens (including phenoxy) is 1. The van der Waals surface area contributed by atoms with E-state index in [-0.39, 0.29) is 5.97 Å². The molecule has 0 saturated heterocycles. The van der Waals surface area contributed by atoms with Crippen molar-refractivity contribution >= 4 is 21.9 Å². The van der Waals surface area contributed by atoms with Gasteiger partial charge in [-0.1, -0.05) is 6.58 Å². The van der Waals surface area contributed by atoms with Crippen molar-refractivity contribution in [3.8, 4) is 10.8 Å². The van der Waals surface area contributed by atoms with Crippen LogP contribution in [0.1, 0.15) is 27.7 Å². The monoisotopic (exact) mass is 258 g/mol. The zero-order valence-electron chi connectivity index (χ0n) is 8.98. The molecule has 1 unspecified atom stereocenters. The first-order valence-corrected chi connectivity index (χ1v) is 5.04. The maximum absolute atomic E-state index is 11.6. The predicted octanol–water partition coefficient (Wildman–Crippen LogP) is 2.88. The van der Waals surface area contributed by atoms with Crippen LogP contribution in [-0.2, 0) is 9.53 Å². The zero-order valence-corrected chi connectivity index (χ0v) is 10.6. The lowest BCUT2D eigenvalue weighted by atomic mass is 9.96. The van der Waals surface area contributed by atoms with Crippen LogP contribution < -0.4 is 0 Å². The van der Waals surface area contributed by atoms with E-state index in [9.17, 15) is 4.79 Å². The Balaban J connectivity index is 4.70. The molecule has 1 atom stereocenters. The van der Waals surface area contributed by atoms with Gasteiger partial charge in [-0.2, -0.15) is 0 Å². The maximum Gasteiger partial charge on any atom is 0.312 e. The highest BCUT2D eigenvalue weighted by molar-refractivity contribution is 9.12. The Kier molecular flexibility index (Phi) is 4.41. The summed E-state index contributed by atoms with van der Waals surface area (Å²) in [5.74, 6) is 2.42. The van der Waals surface area contributed by atoms with E-state index in [4.69, 9.17) is 4.74 Å². The van der Waals surface area contributed by atoms with Gasteiger partial charge < -0.3 is 4.74 Å². The van der Waals surface area contributed by atoms with Crippen LogP contribution in [0.2, 0.25) is 0 Å². The SMILES string of the molecule is C=CC(C)(C#CBr)OC(=O)C(C)(C)C. The molecule has 78 valence electrons. The molecule has 0 aromatic heterocycles. The summed E-state index contributed by atoms with van der Waals surface area (Å²) in [7, 11) is 0. The van der Waals surface area contributed by atoms with Gasteiger partial charge >= 0.3 is 5.97 Å². The number of rotatable bonds is 2. The van der Waals surface area contributed by atoms with Crippen LogP contribution in [0, 0.1) is 16.2 Å². The van der Waals surface area contributed by atoms with Gasteiger partial charge in [0.05, 0.1) is 5.41 Å². The third-order valence-electron chi connectivity index (χ3n) is 1.60. The molecule has 0 aromatic rings. The molecule has 0 rings (SSSR count). The molecule has 0 aliphatic carbocycles. The Morgan fingerprint density at radius 3 is 2.21 bits per heavy atom. The lowest BCUT2D eigenvalue weighted by Gasteiger charge is -2.25. The lowest BCUT2D eigenvalue weighted by molar-refractivity contribution is -0.159. The molecule has 0 aromatic carbocycles. The number of hydrogen-bond acceptors (Lipinski definition) is 2. The summed E-state index contributed by atoms with van der Waals surface area (Å²) in [6.07, 6.45) is 1.50. The first kappa shape index (κ1) is 13.2. The third kappa shape index (κ3) is 3.97. The van der Waals surface area contributed by atoms with E-state index < -0.39 is 11.0 Å². The second-order valence-electron chi connectivity index (χ2n) is 4.17. The number of carbonyl (C=O) groups excluding carboxylic acids is 1. The maximum atomic E-state index is 11.6. The first-order chi connectivity index (χ1) is 6.25. The zero-order chi connectivity index (χ0) is 11.4. The van der Waals surface area contributed by atoms with Gasteiger partial charge in [0.25, 0.3) is 0 Å². The Bertz CT molecular complexity index is 291. The molecule has 0 N–H and O–H groups in total. The Labute approximate surface area is 93.8 Å². The highest BCUT2D eigenvalue weighted by Crippen LogP contribution is 2.21. The van der Waals surface area contributed by atoms with Crippen LogP contribution in [0.15, 0.2) is 12.7 Å². The number of halogens is 1. The van der Waals surface area contributed by atoms with Crippen molar-refractivity contribution in [2.24, 2.45) is 5.41 Å². The van der Waals surface area contributed by atoms with Crippen molar-refractivity contribution in [2.45, 2.75) is 33.3 Å². The van der Waals surface area contributed by atoms with Crippen LogP contribution in [0.4, 0.5) is 0 Å². The first-order valence-electron chi connectivity index (χ1n) is 4.25.